The van der Waals surface area contributed by atoms with Crippen LogP contribution in [0.1, 0.15) is 10.5 Å². The predicted octanol–water partition coefficient (Wildman–Crippen LogP) is 1.58. The first kappa shape index (κ1) is 15.2. The van der Waals surface area contributed by atoms with Gasteiger partial charge in [-0.25, -0.2) is 9.78 Å². The molecule has 1 aromatic heterocycles. The molecular weight excluding hydrogens is 270 g/mol. The van der Waals surface area contributed by atoms with E-state index in [2.05, 4.69) is 9.72 Å². The molecule has 0 fully saturated rings. The van der Waals surface area contributed by atoms with Crippen molar-refractivity contribution in [3.8, 4) is 0 Å². The van der Waals surface area contributed by atoms with E-state index in [1.165, 1.54) is 19.2 Å². The molecule has 0 amide bonds. The number of nitrogens with zero attached hydrogens (tertiary/aromatic N) is 3. The van der Waals surface area contributed by atoms with E-state index in [0.29, 0.717) is 6.54 Å². The number of nitro groups is 1. The number of esters is 1. The molecule has 1 heterocycles. The van der Waals surface area contributed by atoms with Crippen molar-refractivity contribution >= 4 is 29.2 Å². The fourth-order valence-electron chi connectivity index (χ4n) is 1.42. The van der Waals surface area contributed by atoms with Crippen molar-refractivity contribution in [2.75, 3.05) is 37.6 Å². The van der Waals surface area contributed by atoms with Crippen molar-refractivity contribution in [3.63, 3.8) is 0 Å². The van der Waals surface area contributed by atoms with Crippen molar-refractivity contribution in [3.05, 3.63) is 27.9 Å². The Balaban J connectivity index is 3.15. The number of thioether (sulfide) groups is 1. The van der Waals surface area contributed by atoms with Gasteiger partial charge in [-0.1, -0.05) is 0 Å². The Morgan fingerprint density at radius 2 is 2.26 bits per heavy atom. The number of carbonyl (C=O) groups is 1. The van der Waals surface area contributed by atoms with Crippen LogP contribution in [-0.2, 0) is 4.74 Å². The highest BCUT2D eigenvalue weighted by atomic mass is 32.2. The first-order chi connectivity index (χ1) is 9.01. The maximum Gasteiger partial charge on any atom is 0.356 e. The summed E-state index contributed by atoms with van der Waals surface area (Å²) in [4.78, 5) is 27.5. The van der Waals surface area contributed by atoms with Crippen LogP contribution in [0.25, 0.3) is 0 Å². The van der Waals surface area contributed by atoms with E-state index in [4.69, 9.17) is 0 Å². The van der Waals surface area contributed by atoms with Gasteiger partial charge in [-0.2, -0.15) is 11.8 Å². The summed E-state index contributed by atoms with van der Waals surface area (Å²) in [5.74, 6) is 0.356. The third kappa shape index (κ3) is 3.82. The number of hydrogen-bond donors (Lipinski definition) is 0. The van der Waals surface area contributed by atoms with Crippen molar-refractivity contribution in [2.45, 2.75) is 0 Å². The number of rotatable bonds is 6. The summed E-state index contributed by atoms with van der Waals surface area (Å²) in [5.41, 5.74) is -0.0737. The van der Waals surface area contributed by atoms with Crippen molar-refractivity contribution in [1.82, 2.24) is 4.98 Å². The largest absolute Gasteiger partial charge is 0.464 e. The van der Waals surface area contributed by atoms with Gasteiger partial charge < -0.3 is 9.64 Å². The van der Waals surface area contributed by atoms with Crippen LogP contribution >= 0.6 is 11.8 Å². The normalized spacial score (nSPS) is 10.1. The van der Waals surface area contributed by atoms with Crippen LogP contribution in [-0.4, -0.2) is 48.6 Å². The van der Waals surface area contributed by atoms with E-state index >= 15 is 0 Å². The molecule has 0 N–H and O–H groups in total. The van der Waals surface area contributed by atoms with Gasteiger partial charge in [0, 0.05) is 25.4 Å². The van der Waals surface area contributed by atoms with Gasteiger partial charge >= 0.3 is 11.7 Å². The molecule has 0 aliphatic rings. The fraction of sp³-hybridized carbons (Fsp3) is 0.455. The summed E-state index contributed by atoms with van der Waals surface area (Å²) >= 11 is 1.62. The second-order valence-electron chi connectivity index (χ2n) is 3.70. The van der Waals surface area contributed by atoms with Gasteiger partial charge in [0.15, 0.2) is 5.69 Å². The summed E-state index contributed by atoms with van der Waals surface area (Å²) in [6.45, 7) is 0.597. The highest BCUT2D eigenvalue weighted by Gasteiger charge is 2.21. The molecule has 0 bridgehead atoms. The number of aromatic nitrogens is 1. The fourth-order valence-corrected chi connectivity index (χ4v) is 1.87. The Hall–Kier alpha value is -1.83. The molecule has 104 valence electrons. The molecule has 0 aliphatic carbocycles. The molecule has 1 aromatic rings. The maximum absolute atomic E-state index is 11.4. The zero-order valence-corrected chi connectivity index (χ0v) is 11.8. The molecule has 0 radical (unpaired) electrons. The number of anilines is 1. The Labute approximate surface area is 115 Å². The van der Waals surface area contributed by atoms with Gasteiger partial charge in [-0.05, 0) is 12.3 Å². The van der Waals surface area contributed by atoms with E-state index in [1.54, 1.807) is 23.7 Å². The van der Waals surface area contributed by atoms with Gasteiger partial charge in [0.2, 0.25) is 5.82 Å². The second-order valence-corrected chi connectivity index (χ2v) is 4.69. The summed E-state index contributed by atoms with van der Waals surface area (Å²) in [6, 6.07) is 2.56. The summed E-state index contributed by atoms with van der Waals surface area (Å²) in [6.07, 6.45) is 1.94. The lowest BCUT2D eigenvalue weighted by Gasteiger charge is -2.17. The maximum atomic E-state index is 11.4. The molecule has 1 rings (SSSR count). The van der Waals surface area contributed by atoms with Gasteiger partial charge in [0.05, 0.1) is 12.0 Å². The molecule has 0 aliphatic heterocycles. The number of pyridine rings is 1. The zero-order chi connectivity index (χ0) is 14.4. The Morgan fingerprint density at radius 3 is 2.79 bits per heavy atom. The number of carbonyl (C=O) groups excluding carboxylic acids is 1. The van der Waals surface area contributed by atoms with Crippen molar-refractivity contribution in [1.29, 1.82) is 0 Å². The topological polar surface area (TPSA) is 85.6 Å². The molecule has 0 unspecified atom stereocenters. The molecule has 0 spiro atoms. The van der Waals surface area contributed by atoms with Crippen LogP contribution in [0.2, 0.25) is 0 Å². The minimum absolute atomic E-state index is 0.0547. The van der Waals surface area contributed by atoms with Crippen LogP contribution in [0.5, 0.6) is 0 Å². The third-order valence-electron chi connectivity index (χ3n) is 2.44. The van der Waals surface area contributed by atoms with Crippen LogP contribution in [0.3, 0.4) is 0 Å². The van der Waals surface area contributed by atoms with Crippen LogP contribution in [0.4, 0.5) is 11.5 Å². The second kappa shape index (κ2) is 6.93. The highest BCUT2D eigenvalue weighted by Crippen LogP contribution is 2.25. The molecule has 0 saturated heterocycles. The highest BCUT2D eigenvalue weighted by molar-refractivity contribution is 7.98. The van der Waals surface area contributed by atoms with Crippen LogP contribution in [0, 0.1) is 10.1 Å². The third-order valence-corrected chi connectivity index (χ3v) is 3.03. The molecule has 7 nitrogen and oxygen atoms in total. The number of hydrogen-bond acceptors (Lipinski definition) is 7. The molecule has 0 atom stereocenters. The Morgan fingerprint density at radius 1 is 1.58 bits per heavy atom. The van der Waals surface area contributed by atoms with E-state index < -0.39 is 10.9 Å². The van der Waals surface area contributed by atoms with Gasteiger partial charge in [0.25, 0.3) is 0 Å². The number of ether oxygens (including phenoxy) is 1. The molecule has 0 saturated carbocycles. The minimum atomic E-state index is -0.616. The molecule has 19 heavy (non-hydrogen) atoms. The van der Waals surface area contributed by atoms with Crippen LogP contribution < -0.4 is 4.90 Å². The van der Waals surface area contributed by atoms with E-state index in [1.807, 2.05) is 6.26 Å². The summed E-state index contributed by atoms with van der Waals surface area (Å²) in [7, 11) is 2.94. The van der Waals surface area contributed by atoms with E-state index in [-0.39, 0.29) is 17.2 Å². The predicted molar refractivity (Wildman–Crippen MR) is 73.9 cm³/mol. The molecular formula is C11H15N3O4S. The Bertz CT molecular complexity index is 481. The zero-order valence-electron chi connectivity index (χ0n) is 11.0. The van der Waals surface area contributed by atoms with E-state index in [9.17, 15) is 14.9 Å². The molecule has 8 heteroatoms. The number of methoxy groups -OCH3 is 1. The van der Waals surface area contributed by atoms with Gasteiger partial charge in [-0.3, -0.25) is 10.1 Å². The first-order valence-electron chi connectivity index (χ1n) is 5.45. The standard InChI is InChI=1S/C11H15N3O4S/c1-13(6-7-19-3)10-9(14(16)17)5-4-8(12-10)11(15)18-2/h4-5H,6-7H2,1-3H3. The summed E-state index contributed by atoms with van der Waals surface area (Å²) in [5, 5.41) is 11.0. The monoisotopic (exact) mass is 285 g/mol. The van der Waals surface area contributed by atoms with Crippen molar-refractivity contribution < 1.29 is 14.5 Å². The van der Waals surface area contributed by atoms with Crippen LogP contribution in [0.15, 0.2) is 12.1 Å². The smallest absolute Gasteiger partial charge is 0.356 e. The molecule has 0 aromatic carbocycles. The van der Waals surface area contributed by atoms with E-state index in [0.717, 1.165) is 5.75 Å². The Kier molecular flexibility index (Phi) is 5.56. The SMILES string of the molecule is COC(=O)c1ccc([N+](=O)[O-])c(N(C)CCSC)n1. The first-order valence-corrected chi connectivity index (χ1v) is 6.84. The van der Waals surface area contributed by atoms with Gasteiger partial charge in [-0.15, -0.1) is 0 Å². The quantitative estimate of drug-likeness (QED) is 0.445. The average molecular weight is 285 g/mol. The summed E-state index contributed by atoms with van der Waals surface area (Å²) < 4.78 is 4.56. The average Bonchev–Trinajstić information content (AvgIpc) is 2.42. The van der Waals surface area contributed by atoms with Crippen molar-refractivity contribution in [2.24, 2.45) is 0 Å². The lowest BCUT2D eigenvalue weighted by atomic mass is 10.3. The minimum Gasteiger partial charge on any atom is -0.464 e. The lowest BCUT2D eigenvalue weighted by molar-refractivity contribution is -0.384. The lowest BCUT2D eigenvalue weighted by Crippen LogP contribution is -2.23. The van der Waals surface area contributed by atoms with Gasteiger partial charge in [0.1, 0.15) is 0 Å².